The van der Waals surface area contributed by atoms with Crippen LogP contribution in [0.4, 0.5) is 0 Å². The highest BCUT2D eigenvalue weighted by molar-refractivity contribution is 7.09. The van der Waals surface area contributed by atoms with E-state index in [-0.39, 0.29) is 6.04 Å². The Balaban J connectivity index is 2.28. The van der Waals surface area contributed by atoms with Crippen molar-refractivity contribution in [3.8, 4) is 0 Å². The molecule has 1 unspecified atom stereocenters. The number of hydrogen-bond donors (Lipinski definition) is 1. The molecular formula is C10H12N2O3S. The van der Waals surface area contributed by atoms with Crippen molar-refractivity contribution in [3.05, 3.63) is 16.1 Å². The molecule has 0 saturated heterocycles. The average Bonchev–Trinajstić information content (AvgIpc) is 2.98. The summed E-state index contributed by atoms with van der Waals surface area (Å²) < 4.78 is 0. The van der Waals surface area contributed by atoms with Gasteiger partial charge in [0.2, 0.25) is 6.41 Å². The number of carboxylic acids is 1. The van der Waals surface area contributed by atoms with Gasteiger partial charge in [0, 0.05) is 17.1 Å². The molecule has 1 fully saturated rings. The number of hydrogen-bond acceptors (Lipinski definition) is 4. The molecule has 86 valence electrons. The third-order valence-electron chi connectivity index (χ3n) is 2.49. The fourth-order valence-corrected chi connectivity index (χ4v) is 2.48. The van der Waals surface area contributed by atoms with Gasteiger partial charge in [-0.2, -0.15) is 0 Å². The lowest BCUT2D eigenvalue weighted by Gasteiger charge is -2.22. The molecule has 1 heterocycles. The Morgan fingerprint density at radius 2 is 2.44 bits per heavy atom. The van der Waals surface area contributed by atoms with Crippen molar-refractivity contribution in [1.29, 1.82) is 0 Å². The minimum atomic E-state index is -1.02. The van der Waals surface area contributed by atoms with Gasteiger partial charge in [-0.3, -0.25) is 4.79 Å². The fraction of sp³-hybridized carbons (Fsp3) is 0.500. The lowest BCUT2D eigenvalue weighted by molar-refractivity contribution is -0.147. The van der Waals surface area contributed by atoms with Gasteiger partial charge in [-0.1, -0.05) is 0 Å². The number of nitrogens with zero attached hydrogens (tertiary/aromatic N) is 2. The van der Waals surface area contributed by atoms with E-state index in [9.17, 15) is 14.7 Å². The Bertz CT molecular complexity index is 414. The predicted octanol–water partition coefficient (Wildman–Crippen LogP) is 1.20. The fourth-order valence-electron chi connectivity index (χ4n) is 1.59. The molecule has 1 aromatic rings. The largest absolute Gasteiger partial charge is 0.479 e. The lowest BCUT2D eigenvalue weighted by atomic mass is 10.2. The Hall–Kier alpha value is -1.43. The summed E-state index contributed by atoms with van der Waals surface area (Å²) in [5.74, 6) is -1.02. The van der Waals surface area contributed by atoms with Crippen LogP contribution in [-0.2, 0) is 9.59 Å². The van der Waals surface area contributed by atoms with E-state index < -0.39 is 12.0 Å². The molecule has 0 spiro atoms. The Kier molecular flexibility index (Phi) is 2.91. The van der Waals surface area contributed by atoms with Gasteiger partial charge in [-0.05, 0) is 19.8 Å². The summed E-state index contributed by atoms with van der Waals surface area (Å²) in [5.41, 5.74) is 0.785. The van der Waals surface area contributed by atoms with Crippen LogP contribution in [0.25, 0.3) is 0 Å². The van der Waals surface area contributed by atoms with E-state index in [2.05, 4.69) is 4.98 Å². The maximum absolute atomic E-state index is 11.2. The van der Waals surface area contributed by atoms with Gasteiger partial charge in [0.25, 0.3) is 0 Å². The second-order valence-corrected chi connectivity index (χ2v) is 4.74. The third kappa shape index (κ3) is 2.06. The molecule has 6 heteroatoms. The van der Waals surface area contributed by atoms with E-state index in [0.717, 1.165) is 18.5 Å². The van der Waals surface area contributed by atoms with E-state index in [4.69, 9.17) is 0 Å². The lowest BCUT2D eigenvalue weighted by Crippen LogP contribution is -2.34. The number of amides is 1. The van der Waals surface area contributed by atoms with Gasteiger partial charge >= 0.3 is 5.97 Å². The van der Waals surface area contributed by atoms with E-state index in [0.29, 0.717) is 11.4 Å². The van der Waals surface area contributed by atoms with Gasteiger partial charge in [-0.15, -0.1) is 11.3 Å². The molecule has 0 aromatic carbocycles. The third-order valence-corrected chi connectivity index (χ3v) is 3.51. The zero-order valence-corrected chi connectivity index (χ0v) is 9.61. The molecule has 1 atom stereocenters. The molecule has 16 heavy (non-hydrogen) atoms. The molecule has 0 bridgehead atoms. The monoisotopic (exact) mass is 240 g/mol. The van der Waals surface area contributed by atoms with E-state index in [1.165, 1.54) is 16.2 Å². The topological polar surface area (TPSA) is 70.5 Å². The molecule has 2 rings (SSSR count). The highest BCUT2D eigenvalue weighted by Gasteiger charge is 2.38. The second kappa shape index (κ2) is 4.21. The van der Waals surface area contributed by atoms with Crippen LogP contribution in [0.5, 0.6) is 0 Å². The molecule has 0 aliphatic heterocycles. The van der Waals surface area contributed by atoms with Crippen molar-refractivity contribution in [2.24, 2.45) is 0 Å². The van der Waals surface area contributed by atoms with Crippen molar-refractivity contribution >= 4 is 23.7 Å². The minimum absolute atomic E-state index is 0.0720. The minimum Gasteiger partial charge on any atom is -0.479 e. The van der Waals surface area contributed by atoms with Crippen molar-refractivity contribution in [2.45, 2.75) is 31.8 Å². The van der Waals surface area contributed by atoms with Crippen molar-refractivity contribution < 1.29 is 14.7 Å². The molecule has 1 saturated carbocycles. The van der Waals surface area contributed by atoms with Crippen LogP contribution < -0.4 is 0 Å². The van der Waals surface area contributed by atoms with E-state index >= 15 is 0 Å². The van der Waals surface area contributed by atoms with Crippen LogP contribution in [0, 0.1) is 6.92 Å². The van der Waals surface area contributed by atoms with Gasteiger partial charge in [0.05, 0.1) is 0 Å². The number of aromatic nitrogens is 1. The van der Waals surface area contributed by atoms with Crippen molar-refractivity contribution in [3.63, 3.8) is 0 Å². The Morgan fingerprint density at radius 3 is 2.81 bits per heavy atom. The maximum atomic E-state index is 11.2. The number of thiazole rings is 1. The van der Waals surface area contributed by atoms with Crippen LogP contribution in [0.2, 0.25) is 0 Å². The SMILES string of the molecule is Cc1csc(C(C(=O)O)N(C=O)C2CC2)n1. The van der Waals surface area contributed by atoms with Gasteiger partial charge < -0.3 is 10.0 Å². The second-order valence-electron chi connectivity index (χ2n) is 3.85. The first-order chi connectivity index (χ1) is 7.63. The Labute approximate surface area is 96.7 Å². The summed E-state index contributed by atoms with van der Waals surface area (Å²) in [4.78, 5) is 27.7. The summed E-state index contributed by atoms with van der Waals surface area (Å²) in [5, 5.41) is 11.4. The Morgan fingerprint density at radius 1 is 1.75 bits per heavy atom. The first kappa shape index (κ1) is 11.1. The molecule has 1 aliphatic rings. The summed E-state index contributed by atoms with van der Waals surface area (Å²) in [6.45, 7) is 1.81. The van der Waals surface area contributed by atoms with Gasteiger partial charge in [-0.25, -0.2) is 9.78 Å². The number of carbonyl (C=O) groups excluding carboxylic acids is 1. The highest BCUT2D eigenvalue weighted by Crippen LogP contribution is 2.34. The van der Waals surface area contributed by atoms with Crippen LogP contribution >= 0.6 is 11.3 Å². The zero-order chi connectivity index (χ0) is 11.7. The van der Waals surface area contributed by atoms with Crippen LogP contribution in [-0.4, -0.2) is 33.4 Å². The van der Waals surface area contributed by atoms with Gasteiger partial charge in [0.1, 0.15) is 5.01 Å². The summed E-state index contributed by atoms with van der Waals surface area (Å²) in [7, 11) is 0. The molecule has 1 aromatic heterocycles. The molecular weight excluding hydrogens is 228 g/mol. The average molecular weight is 240 g/mol. The van der Waals surface area contributed by atoms with E-state index in [1.54, 1.807) is 12.3 Å². The van der Waals surface area contributed by atoms with Crippen LogP contribution in [0.3, 0.4) is 0 Å². The van der Waals surface area contributed by atoms with Crippen molar-refractivity contribution in [1.82, 2.24) is 9.88 Å². The number of carboxylic acid groups (broad SMARTS) is 1. The summed E-state index contributed by atoms with van der Waals surface area (Å²) in [6.07, 6.45) is 2.38. The highest BCUT2D eigenvalue weighted by atomic mass is 32.1. The molecule has 1 amide bonds. The van der Waals surface area contributed by atoms with Crippen molar-refractivity contribution in [2.75, 3.05) is 0 Å². The molecule has 0 radical (unpaired) electrons. The molecule has 1 N–H and O–H groups in total. The van der Waals surface area contributed by atoms with Crippen LogP contribution in [0.1, 0.15) is 29.6 Å². The molecule has 1 aliphatic carbocycles. The predicted molar refractivity (Wildman–Crippen MR) is 58.2 cm³/mol. The number of aliphatic carboxylic acids is 1. The smallest absolute Gasteiger partial charge is 0.333 e. The number of aryl methyl sites for hydroxylation is 1. The van der Waals surface area contributed by atoms with E-state index in [1.807, 2.05) is 0 Å². The summed E-state index contributed by atoms with van der Waals surface area (Å²) in [6, 6.07) is -0.855. The molecule has 5 nitrogen and oxygen atoms in total. The first-order valence-electron chi connectivity index (χ1n) is 5.01. The normalized spacial score (nSPS) is 16.8. The standard InChI is InChI=1S/C10H12N2O3S/c1-6-4-16-9(11-6)8(10(14)15)12(5-13)7-2-3-7/h4-5,7-8H,2-3H2,1H3,(H,14,15). The van der Waals surface area contributed by atoms with Crippen LogP contribution in [0.15, 0.2) is 5.38 Å². The first-order valence-corrected chi connectivity index (χ1v) is 5.89. The zero-order valence-electron chi connectivity index (χ0n) is 8.79. The van der Waals surface area contributed by atoms with Gasteiger partial charge in [0.15, 0.2) is 6.04 Å². The number of carbonyl (C=O) groups is 2. The number of rotatable bonds is 5. The quantitative estimate of drug-likeness (QED) is 0.785. The maximum Gasteiger partial charge on any atom is 0.333 e. The summed E-state index contributed by atoms with van der Waals surface area (Å²) >= 11 is 1.28.